The fraction of sp³-hybridized carbons (Fsp3) is 0.500. The van der Waals surface area contributed by atoms with Gasteiger partial charge in [-0.25, -0.2) is 4.99 Å². The van der Waals surface area contributed by atoms with Gasteiger partial charge in [-0.3, -0.25) is 4.99 Å². The van der Waals surface area contributed by atoms with Crippen molar-refractivity contribution in [3.8, 4) is 0 Å². The normalized spacial score (nSPS) is 11.1. The van der Waals surface area contributed by atoms with Gasteiger partial charge in [0.15, 0.2) is 6.40 Å². The third-order valence-corrected chi connectivity index (χ3v) is 0.348. The number of aliphatic imine (C=N–C) groups is 2. The number of nitrogens with zero attached hydrogens (tertiary/aromatic N) is 2. The van der Waals surface area contributed by atoms with E-state index in [0.717, 1.165) is 0 Å². The maximum absolute atomic E-state index is 4.46. The van der Waals surface area contributed by atoms with E-state index in [9.17, 15) is 0 Å². The van der Waals surface area contributed by atoms with Crippen molar-refractivity contribution >= 4 is 12.7 Å². The second kappa shape index (κ2) is 5.14. The van der Waals surface area contributed by atoms with Crippen LogP contribution in [0.25, 0.3) is 0 Å². The standard InChI is InChI=1S/C4H8N2O/c1-5-3-6-4-7-2/h3-4H,1-2H3. The van der Waals surface area contributed by atoms with Gasteiger partial charge < -0.3 is 4.74 Å². The summed E-state index contributed by atoms with van der Waals surface area (Å²) in [5.41, 5.74) is 0. The summed E-state index contributed by atoms with van der Waals surface area (Å²) in [5, 5.41) is 0. The van der Waals surface area contributed by atoms with Gasteiger partial charge in [0.05, 0.1) is 7.11 Å². The van der Waals surface area contributed by atoms with Crippen LogP contribution in [0.1, 0.15) is 0 Å². The summed E-state index contributed by atoms with van der Waals surface area (Å²) in [5.74, 6) is 0. The van der Waals surface area contributed by atoms with Crippen LogP contribution in [0, 0.1) is 0 Å². The molecule has 0 rings (SSSR count). The van der Waals surface area contributed by atoms with Crippen molar-refractivity contribution in [3.05, 3.63) is 0 Å². The average Bonchev–Trinajstić information content (AvgIpc) is 1.69. The third-order valence-electron chi connectivity index (χ3n) is 0.348. The molecule has 0 saturated carbocycles. The Balaban J connectivity index is 3.09. The number of hydrogen-bond acceptors (Lipinski definition) is 2. The van der Waals surface area contributed by atoms with E-state index in [4.69, 9.17) is 0 Å². The van der Waals surface area contributed by atoms with E-state index in [2.05, 4.69) is 14.7 Å². The monoisotopic (exact) mass is 100 g/mol. The van der Waals surface area contributed by atoms with E-state index in [1.165, 1.54) is 19.8 Å². The van der Waals surface area contributed by atoms with Crippen molar-refractivity contribution < 1.29 is 4.74 Å². The number of methoxy groups -OCH3 is 1. The first-order valence-electron chi connectivity index (χ1n) is 1.87. The highest BCUT2D eigenvalue weighted by molar-refractivity contribution is 5.67. The van der Waals surface area contributed by atoms with Crippen molar-refractivity contribution in [2.24, 2.45) is 9.98 Å². The zero-order valence-corrected chi connectivity index (χ0v) is 4.46. The SMILES string of the molecule is CN=CN=COC. The predicted octanol–water partition coefficient (Wildman–Crippen LogP) is 0.319. The first-order chi connectivity index (χ1) is 3.41. The molecule has 0 fully saturated rings. The first-order valence-corrected chi connectivity index (χ1v) is 1.87. The minimum absolute atomic E-state index is 1.31. The average molecular weight is 100 g/mol. The van der Waals surface area contributed by atoms with Gasteiger partial charge >= 0.3 is 0 Å². The summed E-state index contributed by atoms with van der Waals surface area (Å²) in [6.45, 7) is 0. The molecule has 3 nitrogen and oxygen atoms in total. The van der Waals surface area contributed by atoms with Gasteiger partial charge in [0, 0.05) is 7.05 Å². The Bertz CT molecular complexity index is 77.8. The lowest BCUT2D eigenvalue weighted by molar-refractivity contribution is 0.424. The molecule has 0 aromatic rings. The summed E-state index contributed by atoms with van der Waals surface area (Å²) in [7, 11) is 3.18. The topological polar surface area (TPSA) is 34.0 Å². The van der Waals surface area contributed by atoms with Crippen molar-refractivity contribution in [1.82, 2.24) is 0 Å². The summed E-state index contributed by atoms with van der Waals surface area (Å²) in [6.07, 6.45) is 2.72. The molecule has 0 aromatic heterocycles. The van der Waals surface area contributed by atoms with Crippen LogP contribution in [-0.2, 0) is 4.74 Å². The van der Waals surface area contributed by atoms with Crippen molar-refractivity contribution in [2.75, 3.05) is 14.2 Å². The van der Waals surface area contributed by atoms with Crippen LogP contribution in [-0.4, -0.2) is 26.9 Å². The van der Waals surface area contributed by atoms with Crippen LogP contribution >= 0.6 is 0 Å². The fourth-order valence-electron chi connectivity index (χ4n) is 0.155. The lowest BCUT2D eigenvalue weighted by Crippen LogP contribution is -1.75. The molecule has 0 N–H and O–H groups in total. The van der Waals surface area contributed by atoms with Gasteiger partial charge in [-0.1, -0.05) is 0 Å². The Kier molecular flexibility index (Phi) is 4.51. The molecule has 0 atom stereocenters. The minimum Gasteiger partial charge on any atom is -0.486 e. The van der Waals surface area contributed by atoms with Crippen molar-refractivity contribution in [1.29, 1.82) is 0 Å². The van der Waals surface area contributed by atoms with Crippen molar-refractivity contribution in [3.63, 3.8) is 0 Å². The largest absolute Gasteiger partial charge is 0.486 e. The maximum atomic E-state index is 4.46. The lowest BCUT2D eigenvalue weighted by Gasteiger charge is -1.77. The van der Waals surface area contributed by atoms with Gasteiger partial charge in [0.1, 0.15) is 6.34 Å². The van der Waals surface area contributed by atoms with Crippen LogP contribution in [0.2, 0.25) is 0 Å². The zero-order chi connectivity index (χ0) is 5.54. The quantitative estimate of drug-likeness (QED) is 0.363. The predicted molar refractivity (Wildman–Crippen MR) is 29.9 cm³/mol. The van der Waals surface area contributed by atoms with Gasteiger partial charge in [0.2, 0.25) is 0 Å². The van der Waals surface area contributed by atoms with Crippen molar-refractivity contribution in [2.45, 2.75) is 0 Å². The summed E-state index contributed by atoms with van der Waals surface area (Å²) >= 11 is 0. The van der Waals surface area contributed by atoms with E-state index in [1.54, 1.807) is 7.05 Å². The second-order valence-electron chi connectivity index (χ2n) is 0.864. The first kappa shape index (κ1) is 6.14. The molecule has 0 amide bonds. The molecule has 0 aliphatic carbocycles. The molecule has 0 unspecified atom stereocenters. The van der Waals surface area contributed by atoms with Crippen LogP contribution in [0.15, 0.2) is 9.98 Å². The highest BCUT2D eigenvalue weighted by Gasteiger charge is 1.56. The van der Waals surface area contributed by atoms with Gasteiger partial charge in [-0.2, -0.15) is 0 Å². The molecule has 0 saturated heterocycles. The maximum Gasteiger partial charge on any atom is 0.175 e. The molecule has 40 valence electrons. The summed E-state index contributed by atoms with van der Waals surface area (Å²) in [6, 6.07) is 0. The molecule has 0 heterocycles. The highest BCUT2D eigenvalue weighted by atomic mass is 16.5. The highest BCUT2D eigenvalue weighted by Crippen LogP contribution is 1.56. The summed E-state index contributed by atoms with van der Waals surface area (Å²) < 4.78 is 4.46. The molecule has 0 aliphatic heterocycles. The Morgan fingerprint density at radius 3 is 2.71 bits per heavy atom. The lowest BCUT2D eigenvalue weighted by atomic mass is 11.2. The van der Waals surface area contributed by atoms with E-state index >= 15 is 0 Å². The van der Waals surface area contributed by atoms with E-state index < -0.39 is 0 Å². The Hall–Kier alpha value is -0.860. The minimum atomic E-state index is 1.31. The molecule has 0 bridgehead atoms. The molecule has 7 heavy (non-hydrogen) atoms. The molecule has 0 aliphatic rings. The third kappa shape index (κ3) is 5.14. The van der Waals surface area contributed by atoms with E-state index in [0.29, 0.717) is 0 Å². The fourth-order valence-corrected chi connectivity index (χ4v) is 0.155. The molecular formula is C4H8N2O. The Morgan fingerprint density at radius 2 is 2.29 bits per heavy atom. The molecule has 0 radical (unpaired) electrons. The Morgan fingerprint density at radius 1 is 1.57 bits per heavy atom. The van der Waals surface area contributed by atoms with Crippen LogP contribution < -0.4 is 0 Å². The molecule has 0 spiro atoms. The molecular weight excluding hydrogens is 92.1 g/mol. The van der Waals surface area contributed by atoms with Crippen LogP contribution in [0.4, 0.5) is 0 Å². The summed E-state index contributed by atoms with van der Waals surface area (Å²) in [4.78, 5) is 7.14. The number of hydrogen-bond donors (Lipinski definition) is 0. The van der Waals surface area contributed by atoms with Gasteiger partial charge in [0.25, 0.3) is 0 Å². The number of rotatable bonds is 2. The van der Waals surface area contributed by atoms with Crippen LogP contribution in [0.5, 0.6) is 0 Å². The Labute approximate surface area is 42.7 Å². The van der Waals surface area contributed by atoms with Gasteiger partial charge in [-0.05, 0) is 0 Å². The molecule has 3 heteroatoms. The van der Waals surface area contributed by atoms with Crippen LogP contribution in [0.3, 0.4) is 0 Å². The smallest absolute Gasteiger partial charge is 0.175 e. The van der Waals surface area contributed by atoms with E-state index in [1.807, 2.05) is 0 Å². The molecule has 0 aromatic carbocycles. The second-order valence-corrected chi connectivity index (χ2v) is 0.864. The number of ether oxygens (including phenoxy) is 1. The van der Waals surface area contributed by atoms with E-state index in [-0.39, 0.29) is 0 Å². The zero-order valence-electron chi connectivity index (χ0n) is 4.46. The van der Waals surface area contributed by atoms with Gasteiger partial charge in [-0.15, -0.1) is 0 Å².